The Morgan fingerprint density at radius 3 is 2.54 bits per heavy atom. The van der Waals surface area contributed by atoms with Crippen LogP contribution in [0.4, 0.5) is 5.82 Å². The van der Waals surface area contributed by atoms with Crippen molar-refractivity contribution in [3.05, 3.63) is 41.7 Å². The van der Waals surface area contributed by atoms with E-state index < -0.39 is 16.6 Å². The second kappa shape index (κ2) is 9.05. The number of Topliss-reactive ketones (excluding diaryl/α,β-unsaturated/α-hetero) is 1. The summed E-state index contributed by atoms with van der Waals surface area (Å²) in [7, 11) is 0. The van der Waals surface area contributed by atoms with Gasteiger partial charge in [0.25, 0.3) is 0 Å². The number of nitrogens with one attached hydrogen (secondary N) is 1. The molecule has 0 spiro atoms. The Labute approximate surface area is 168 Å². The van der Waals surface area contributed by atoms with Gasteiger partial charge in [0.1, 0.15) is 5.76 Å². The van der Waals surface area contributed by atoms with Gasteiger partial charge in [0.05, 0.1) is 10.8 Å². The maximum atomic E-state index is 12.4. The number of aromatic nitrogens is 1. The molecule has 2 rings (SSSR count). The first-order valence-electron chi connectivity index (χ1n) is 8.78. The molecule has 0 radical (unpaired) electrons. The molecule has 0 aliphatic heterocycles. The summed E-state index contributed by atoms with van der Waals surface area (Å²) in [6.07, 6.45) is 0. The van der Waals surface area contributed by atoms with Crippen molar-refractivity contribution >= 4 is 35.2 Å². The van der Waals surface area contributed by atoms with E-state index in [1.165, 1.54) is 11.8 Å². The normalized spacial score (nSPS) is 12.3. The quantitative estimate of drug-likeness (QED) is 0.552. The number of amides is 1. The summed E-state index contributed by atoms with van der Waals surface area (Å²) in [5.41, 5.74) is -0.271. The zero-order chi connectivity index (χ0) is 20.9. The van der Waals surface area contributed by atoms with Crippen LogP contribution in [0.1, 0.15) is 43.8 Å². The van der Waals surface area contributed by atoms with Crippen LogP contribution in [-0.4, -0.2) is 34.7 Å². The van der Waals surface area contributed by atoms with Crippen LogP contribution in [0.5, 0.6) is 0 Å². The molecule has 1 N–H and O–H groups in total. The first kappa shape index (κ1) is 21.7. The average Bonchev–Trinajstić information content (AvgIpc) is 3.03. The van der Waals surface area contributed by atoms with Crippen LogP contribution in [0.25, 0.3) is 0 Å². The molecule has 1 heterocycles. The summed E-state index contributed by atoms with van der Waals surface area (Å²) < 4.78 is 10.1. The van der Waals surface area contributed by atoms with Gasteiger partial charge in [0.2, 0.25) is 5.91 Å². The summed E-state index contributed by atoms with van der Waals surface area (Å²) in [6, 6.07) is 8.43. The van der Waals surface area contributed by atoms with E-state index in [-0.39, 0.29) is 18.3 Å². The minimum atomic E-state index is -0.597. The Kier molecular flexibility index (Phi) is 7.01. The third-order valence-electron chi connectivity index (χ3n) is 3.83. The highest BCUT2D eigenvalue weighted by molar-refractivity contribution is 8.00. The number of ketones is 1. The molecule has 2 aromatic rings. The van der Waals surface area contributed by atoms with Crippen molar-refractivity contribution in [2.24, 2.45) is 5.41 Å². The van der Waals surface area contributed by atoms with E-state index in [1.807, 2.05) is 0 Å². The summed E-state index contributed by atoms with van der Waals surface area (Å²) in [5, 5.41) is 5.89. The molecule has 0 aliphatic carbocycles. The van der Waals surface area contributed by atoms with Crippen molar-refractivity contribution in [3.63, 3.8) is 0 Å². The van der Waals surface area contributed by atoms with Crippen LogP contribution in [-0.2, 0) is 14.3 Å². The minimum Gasteiger partial charge on any atom is -0.454 e. The minimum absolute atomic E-state index is 0.165. The second-order valence-corrected chi connectivity index (χ2v) is 8.70. The summed E-state index contributed by atoms with van der Waals surface area (Å²) >= 11 is 1.22. The van der Waals surface area contributed by atoms with Crippen molar-refractivity contribution in [1.29, 1.82) is 0 Å². The predicted octanol–water partition coefficient (Wildman–Crippen LogP) is 3.87. The first-order chi connectivity index (χ1) is 13.1. The Morgan fingerprint density at radius 1 is 1.25 bits per heavy atom. The van der Waals surface area contributed by atoms with Gasteiger partial charge in [-0.1, -0.05) is 38.1 Å². The lowest BCUT2D eigenvalue weighted by Gasteiger charge is -2.17. The number of thioether (sulfide) groups is 1. The molecule has 8 heteroatoms. The maximum absolute atomic E-state index is 12.4. The fourth-order valence-electron chi connectivity index (χ4n) is 2.06. The number of nitrogens with zero attached hydrogens (tertiary/aromatic N) is 1. The molecule has 0 bridgehead atoms. The van der Waals surface area contributed by atoms with E-state index in [1.54, 1.807) is 65.0 Å². The lowest BCUT2D eigenvalue weighted by Crippen LogP contribution is -2.26. The molecular formula is C20H24N2O5S. The largest absolute Gasteiger partial charge is 0.454 e. The molecule has 1 aromatic carbocycles. The van der Waals surface area contributed by atoms with E-state index >= 15 is 0 Å². The highest BCUT2D eigenvalue weighted by Gasteiger charge is 2.24. The molecule has 1 atom stereocenters. The van der Waals surface area contributed by atoms with Crippen LogP contribution in [0.15, 0.2) is 39.8 Å². The van der Waals surface area contributed by atoms with Gasteiger partial charge in [0, 0.05) is 16.4 Å². The fourth-order valence-corrected chi connectivity index (χ4v) is 3.04. The lowest BCUT2D eigenvalue weighted by molar-refractivity contribution is -0.129. The third-order valence-corrected chi connectivity index (χ3v) is 5.01. The molecule has 1 aromatic heterocycles. The highest BCUT2D eigenvalue weighted by atomic mass is 32.2. The van der Waals surface area contributed by atoms with Gasteiger partial charge >= 0.3 is 5.97 Å². The number of hydrogen-bond acceptors (Lipinski definition) is 7. The molecule has 0 saturated carbocycles. The van der Waals surface area contributed by atoms with E-state index in [0.29, 0.717) is 22.0 Å². The topological polar surface area (TPSA) is 98.5 Å². The van der Waals surface area contributed by atoms with Gasteiger partial charge in [0.15, 0.2) is 18.2 Å². The molecule has 0 saturated heterocycles. The molecule has 150 valence electrons. The summed E-state index contributed by atoms with van der Waals surface area (Å²) in [6.45, 7) is 8.46. The van der Waals surface area contributed by atoms with Gasteiger partial charge in [-0.3, -0.25) is 9.59 Å². The van der Waals surface area contributed by atoms with Crippen LogP contribution in [0.3, 0.4) is 0 Å². The number of rotatable bonds is 7. The lowest BCUT2D eigenvalue weighted by atomic mass is 9.91. The molecule has 0 aliphatic rings. The highest BCUT2D eigenvalue weighted by Crippen LogP contribution is 2.28. The van der Waals surface area contributed by atoms with Crippen molar-refractivity contribution < 1.29 is 23.6 Å². The zero-order valence-electron chi connectivity index (χ0n) is 16.6. The van der Waals surface area contributed by atoms with Crippen molar-refractivity contribution in [1.82, 2.24) is 5.16 Å². The van der Waals surface area contributed by atoms with Crippen molar-refractivity contribution in [2.75, 3.05) is 11.9 Å². The van der Waals surface area contributed by atoms with Gasteiger partial charge < -0.3 is 14.6 Å². The van der Waals surface area contributed by atoms with E-state index in [2.05, 4.69) is 10.5 Å². The monoisotopic (exact) mass is 404 g/mol. The van der Waals surface area contributed by atoms with E-state index in [9.17, 15) is 14.4 Å². The Balaban J connectivity index is 2.03. The van der Waals surface area contributed by atoms with Gasteiger partial charge in [-0.15, -0.1) is 11.8 Å². The van der Waals surface area contributed by atoms with Crippen LogP contribution < -0.4 is 5.32 Å². The van der Waals surface area contributed by atoms with E-state index in [4.69, 9.17) is 9.26 Å². The van der Waals surface area contributed by atoms with E-state index in [0.717, 1.165) is 0 Å². The van der Waals surface area contributed by atoms with Crippen molar-refractivity contribution in [3.8, 4) is 0 Å². The van der Waals surface area contributed by atoms with Gasteiger partial charge in [-0.2, -0.15) is 0 Å². The second-order valence-electron chi connectivity index (χ2n) is 7.32. The third kappa shape index (κ3) is 5.95. The van der Waals surface area contributed by atoms with Crippen LogP contribution in [0.2, 0.25) is 0 Å². The molecular weight excluding hydrogens is 380 g/mol. The van der Waals surface area contributed by atoms with Gasteiger partial charge in [-0.05, 0) is 26.0 Å². The number of aryl methyl sites for hydroxylation is 1. The maximum Gasteiger partial charge on any atom is 0.339 e. The summed E-state index contributed by atoms with van der Waals surface area (Å²) in [5.74, 6) is -0.108. The smallest absolute Gasteiger partial charge is 0.339 e. The fraction of sp³-hybridized carbons (Fsp3) is 0.400. The number of hydrogen-bond donors (Lipinski definition) is 1. The number of benzene rings is 1. The number of carbonyl (C=O) groups is 3. The Hall–Kier alpha value is -2.61. The molecule has 28 heavy (non-hydrogen) atoms. The predicted molar refractivity (Wildman–Crippen MR) is 106 cm³/mol. The zero-order valence-corrected chi connectivity index (χ0v) is 17.4. The molecule has 0 fully saturated rings. The standard InChI is InChI=1S/C20H24N2O5S/c1-12-10-17(22-27-12)21-18(24)13(2)28-15-9-7-6-8-14(15)19(25)26-11-16(23)20(3,4)5/h6-10,13H,11H2,1-5H3,(H,21,22,24)/t13-/m0/s1. The Bertz CT molecular complexity index is 869. The Morgan fingerprint density at radius 2 is 1.93 bits per heavy atom. The van der Waals surface area contributed by atoms with Crippen LogP contribution >= 0.6 is 11.8 Å². The number of ether oxygens (including phenoxy) is 1. The van der Waals surface area contributed by atoms with Crippen molar-refractivity contribution in [2.45, 2.75) is 44.8 Å². The van der Waals surface area contributed by atoms with Gasteiger partial charge in [-0.25, -0.2) is 4.79 Å². The average molecular weight is 404 g/mol. The first-order valence-corrected chi connectivity index (χ1v) is 9.66. The number of esters is 1. The molecule has 0 unspecified atom stereocenters. The van der Waals surface area contributed by atoms with Crippen LogP contribution in [0, 0.1) is 12.3 Å². The molecule has 1 amide bonds. The number of carbonyl (C=O) groups excluding carboxylic acids is 3. The number of anilines is 1. The molecule has 7 nitrogen and oxygen atoms in total. The summed E-state index contributed by atoms with van der Waals surface area (Å²) in [4.78, 5) is 37.4. The SMILES string of the molecule is Cc1cc(NC(=O)[C@H](C)Sc2ccccc2C(=O)OCC(=O)C(C)(C)C)no1.